The number of hydrogen-bond acceptors (Lipinski definition) is 4. The van der Waals surface area contributed by atoms with Gasteiger partial charge in [-0.2, -0.15) is 5.10 Å². The van der Waals surface area contributed by atoms with Crippen molar-refractivity contribution in [3.63, 3.8) is 0 Å². The molecule has 3 fully saturated rings. The molecule has 3 aromatic rings. The summed E-state index contributed by atoms with van der Waals surface area (Å²) in [6, 6.07) is 21.3. The highest BCUT2D eigenvalue weighted by Gasteiger charge is 2.40. The molecule has 33 heavy (non-hydrogen) atoms. The lowest BCUT2D eigenvalue weighted by Crippen LogP contribution is -2.58. The normalized spacial score (nSPS) is 23.8. The van der Waals surface area contributed by atoms with Gasteiger partial charge >= 0.3 is 0 Å². The molecule has 0 amide bonds. The van der Waals surface area contributed by atoms with Gasteiger partial charge in [-0.1, -0.05) is 18.2 Å². The van der Waals surface area contributed by atoms with Crippen LogP contribution in [0, 0.1) is 11.8 Å². The second kappa shape index (κ2) is 9.93. The predicted octanol–water partition coefficient (Wildman–Crippen LogP) is 4.01. The second-order valence-electron chi connectivity index (χ2n) is 9.24. The van der Waals surface area contributed by atoms with Gasteiger partial charge in [-0.15, -0.1) is 0 Å². The number of rotatable bonds is 7. The first-order chi connectivity index (χ1) is 16.2. The summed E-state index contributed by atoms with van der Waals surface area (Å²) in [5, 5.41) is 11.7. The molecular weight excluding hydrogens is 428 g/mol. The number of para-hydroxylation sites is 1. The summed E-state index contributed by atoms with van der Waals surface area (Å²) in [6.45, 7) is 4.41. The summed E-state index contributed by atoms with van der Waals surface area (Å²) < 4.78 is 1.85. The van der Waals surface area contributed by atoms with Crippen molar-refractivity contribution in [3.8, 4) is 5.69 Å². The van der Waals surface area contributed by atoms with Gasteiger partial charge in [-0.25, -0.2) is 4.68 Å². The summed E-state index contributed by atoms with van der Waals surface area (Å²) in [6.07, 6.45) is 6.28. The van der Waals surface area contributed by atoms with E-state index >= 15 is 0 Å². The van der Waals surface area contributed by atoms with Gasteiger partial charge in [0.1, 0.15) is 0 Å². The predicted molar refractivity (Wildman–Crippen MR) is 139 cm³/mol. The molecule has 0 aliphatic carbocycles. The van der Waals surface area contributed by atoms with E-state index in [0.29, 0.717) is 11.2 Å². The Morgan fingerprint density at radius 3 is 2.64 bits per heavy atom. The number of benzene rings is 2. The second-order valence-corrected chi connectivity index (χ2v) is 9.65. The van der Waals surface area contributed by atoms with E-state index in [0.717, 1.165) is 36.3 Å². The van der Waals surface area contributed by atoms with Crippen LogP contribution in [0.15, 0.2) is 73.1 Å². The number of piperidine rings is 3. The maximum atomic E-state index is 5.57. The highest BCUT2D eigenvalue weighted by atomic mass is 32.1. The molecule has 4 atom stereocenters. The Labute approximate surface area is 201 Å². The third-order valence-corrected chi connectivity index (χ3v) is 7.36. The van der Waals surface area contributed by atoms with Crippen molar-refractivity contribution >= 4 is 28.7 Å². The third kappa shape index (κ3) is 5.20. The highest BCUT2D eigenvalue weighted by Crippen LogP contribution is 2.36. The maximum Gasteiger partial charge on any atom is 0.170 e. The Morgan fingerprint density at radius 1 is 1.12 bits per heavy atom. The lowest BCUT2D eigenvalue weighted by molar-refractivity contribution is 0.00667. The van der Waals surface area contributed by atoms with Gasteiger partial charge in [0.2, 0.25) is 0 Å². The van der Waals surface area contributed by atoms with Crippen LogP contribution in [0.4, 0.5) is 11.4 Å². The molecule has 6 rings (SSSR count). The SMILES string of the molecule is CN(C[C@@H]1CN2CC[C@H]1C[C@@H]2CNC(=S)Nc1ccc(-n2cccn2)cc1)c1ccccc1. The summed E-state index contributed by atoms with van der Waals surface area (Å²) in [5.41, 5.74) is 3.32. The molecule has 0 spiro atoms. The zero-order chi connectivity index (χ0) is 22.6. The van der Waals surface area contributed by atoms with Gasteiger partial charge < -0.3 is 15.5 Å². The fourth-order valence-electron chi connectivity index (χ4n) is 5.31. The zero-order valence-electron chi connectivity index (χ0n) is 19.1. The summed E-state index contributed by atoms with van der Waals surface area (Å²) in [7, 11) is 2.22. The molecule has 1 unspecified atom stereocenters. The zero-order valence-corrected chi connectivity index (χ0v) is 19.9. The van der Waals surface area contributed by atoms with Crippen molar-refractivity contribution in [2.75, 3.05) is 43.4 Å². The van der Waals surface area contributed by atoms with Gasteiger partial charge in [0, 0.05) is 56.5 Å². The van der Waals surface area contributed by atoms with Gasteiger partial charge in [0.25, 0.3) is 0 Å². The average Bonchev–Trinajstić information content (AvgIpc) is 3.39. The summed E-state index contributed by atoms with van der Waals surface area (Å²) in [5.74, 6) is 1.53. The summed E-state index contributed by atoms with van der Waals surface area (Å²) >= 11 is 5.57. The van der Waals surface area contributed by atoms with Crippen molar-refractivity contribution in [1.82, 2.24) is 20.0 Å². The minimum Gasteiger partial charge on any atom is -0.374 e. The number of hydrogen-bond donors (Lipinski definition) is 2. The van der Waals surface area contributed by atoms with Gasteiger partial charge in [-0.3, -0.25) is 4.90 Å². The number of anilines is 2. The first kappa shape index (κ1) is 21.9. The van der Waals surface area contributed by atoms with E-state index in [9.17, 15) is 0 Å². The van der Waals surface area contributed by atoms with Crippen LogP contribution >= 0.6 is 12.2 Å². The highest BCUT2D eigenvalue weighted by molar-refractivity contribution is 7.80. The van der Waals surface area contributed by atoms with Crippen molar-refractivity contribution < 1.29 is 0 Å². The molecule has 7 heteroatoms. The van der Waals surface area contributed by atoms with Crippen LogP contribution in [0.5, 0.6) is 0 Å². The van der Waals surface area contributed by atoms with E-state index < -0.39 is 0 Å². The number of fused-ring (bicyclic) bond motifs is 3. The molecule has 4 heterocycles. The smallest absolute Gasteiger partial charge is 0.170 e. The van der Waals surface area contributed by atoms with E-state index in [4.69, 9.17) is 12.2 Å². The van der Waals surface area contributed by atoms with Crippen molar-refractivity contribution in [3.05, 3.63) is 73.1 Å². The fraction of sp³-hybridized carbons (Fsp3) is 0.385. The lowest BCUT2D eigenvalue weighted by atomic mass is 9.75. The monoisotopic (exact) mass is 460 g/mol. The van der Waals surface area contributed by atoms with E-state index in [-0.39, 0.29) is 0 Å². The van der Waals surface area contributed by atoms with Gasteiger partial charge in [-0.05, 0) is 85.9 Å². The quantitative estimate of drug-likeness (QED) is 0.520. The molecule has 0 saturated carbocycles. The molecule has 2 N–H and O–H groups in total. The van der Waals surface area contributed by atoms with E-state index in [1.807, 2.05) is 41.2 Å². The molecule has 1 aromatic heterocycles. The van der Waals surface area contributed by atoms with Crippen molar-refractivity contribution in [2.45, 2.75) is 18.9 Å². The van der Waals surface area contributed by atoms with Crippen LogP contribution in [0.3, 0.4) is 0 Å². The molecular formula is C26H32N6S. The lowest BCUT2D eigenvalue weighted by Gasteiger charge is -2.51. The molecule has 2 aromatic carbocycles. The number of aromatic nitrogens is 2. The Bertz CT molecular complexity index is 1040. The van der Waals surface area contributed by atoms with Crippen LogP contribution in [-0.4, -0.2) is 59.1 Å². The van der Waals surface area contributed by atoms with Crippen LogP contribution < -0.4 is 15.5 Å². The largest absolute Gasteiger partial charge is 0.374 e. The van der Waals surface area contributed by atoms with Crippen molar-refractivity contribution in [1.29, 1.82) is 0 Å². The number of nitrogens with one attached hydrogen (secondary N) is 2. The third-order valence-electron chi connectivity index (χ3n) is 7.11. The Morgan fingerprint density at radius 2 is 1.94 bits per heavy atom. The minimum atomic E-state index is 0.559. The van der Waals surface area contributed by atoms with Crippen LogP contribution in [-0.2, 0) is 0 Å². The number of thiocarbonyl (C=S) groups is 1. The molecule has 3 saturated heterocycles. The standard InChI is InChI=1S/C26H32N6S/c1-30(23-6-3-2-4-7-23)18-21-19-31-15-12-20(21)16-25(31)17-27-26(33)29-22-8-10-24(11-9-22)32-14-5-13-28-32/h2-11,13-14,20-21,25H,12,15-19H2,1H3,(H2,27,29,33)/t20-,21+,25+/m0/s1. The minimum absolute atomic E-state index is 0.559. The van der Waals surface area contributed by atoms with Crippen LogP contribution in [0.2, 0.25) is 0 Å². The topological polar surface area (TPSA) is 48.4 Å². The van der Waals surface area contributed by atoms with Crippen LogP contribution in [0.25, 0.3) is 5.69 Å². The summed E-state index contributed by atoms with van der Waals surface area (Å²) in [4.78, 5) is 5.08. The van der Waals surface area contributed by atoms with E-state index in [1.54, 1.807) is 6.20 Å². The molecule has 6 nitrogen and oxygen atoms in total. The average molecular weight is 461 g/mol. The molecule has 172 valence electrons. The van der Waals surface area contributed by atoms with Crippen LogP contribution in [0.1, 0.15) is 12.8 Å². The Hall–Kier alpha value is -2.90. The van der Waals surface area contributed by atoms with Crippen molar-refractivity contribution in [2.24, 2.45) is 11.8 Å². The molecule has 2 bridgehead atoms. The molecule has 3 aliphatic heterocycles. The Balaban J connectivity index is 1.09. The maximum absolute atomic E-state index is 5.57. The van der Waals surface area contributed by atoms with Gasteiger partial charge in [0.15, 0.2) is 5.11 Å². The molecule has 3 aliphatic rings. The Kier molecular flexibility index (Phi) is 6.60. The first-order valence-corrected chi connectivity index (χ1v) is 12.2. The molecule has 0 radical (unpaired) electrons. The van der Waals surface area contributed by atoms with Gasteiger partial charge in [0.05, 0.1) is 5.69 Å². The first-order valence-electron chi connectivity index (χ1n) is 11.8. The fourth-order valence-corrected chi connectivity index (χ4v) is 5.51. The van der Waals surface area contributed by atoms with E-state index in [2.05, 4.69) is 62.9 Å². The van der Waals surface area contributed by atoms with E-state index in [1.165, 1.54) is 31.6 Å². The number of nitrogens with zero attached hydrogens (tertiary/aromatic N) is 4.